The van der Waals surface area contributed by atoms with Gasteiger partial charge in [0.1, 0.15) is 12.4 Å². The number of ether oxygens (including phenoxy) is 1. The van der Waals surface area contributed by atoms with Gasteiger partial charge in [-0.25, -0.2) is 4.98 Å². The van der Waals surface area contributed by atoms with Crippen LogP contribution in [0, 0.1) is 5.95 Å². The third kappa shape index (κ3) is 3.27. The van der Waals surface area contributed by atoms with Crippen LogP contribution in [-0.4, -0.2) is 20.7 Å². The fourth-order valence-corrected chi connectivity index (χ4v) is 4.05. The van der Waals surface area contributed by atoms with Crippen molar-refractivity contribution >= 4 is 10.9 Å². The van der Waals surface area contributed by atoms with Crippen LogP contribution in [0.25, 0.3) is 16.6 Å². The van der Waals surface area contributed by atoms with Crippen molar-refractivity contribution in [3.63, 3.8) is 0 Å². The van der Waals surface area contributed by atoms with Gasteiger partial charge < -0.3 is 14.6 Å². The summed E-state index contributed by atoms with van der Waals surface area (Å²) in [4.78, 5) is 16.3. The molecular formula is C23H21FN4O2. The van der Waals surface area contributed by atoms with Crippen molar-refractivity contribution in [2.24, 2.45) is 7.05 Å². The summed E-state index contributed by atoms with van der Waals surface area (Å²) < 4.78 is 22.4. The molecule has 4 aromatic rings. The van der Waals surface area contributed by atoms with E-state index in [0.29, 0.717) is 5.75 Å². The van der Waals surface area contributed by atoms with Gasteiger partial charge in [-0.3, -0.25) is 9.36 Å². The first-order valence-corrected chi connectivity index (χ1v) is 9.87. The molecule has 0 spiro atoms. The van der Waals surface area contributed by atoms with Gasteiger partial charge in [0.15, 0.2) is 0 Å². The number of halogens is 1. The average molecular weight is 404 g/mol. The standard InChI is InChI=1S/C23H21FN4O2/c1-27-20-10-16(3-4-18(20)19-6-8-25-13-21(19)27)28-9-7-17(11-23(28)29)30-14-15-2-5-22(24)26-12-15/h2-5,7,9-12,25H,6,8,13-14H2,1H3. The maximum atomic E-state index is 12.9. The average Bonchev–Trinajstić information content (AvgIpc) is 3.05. The number of aryl methyl sites for hydroxylation is 1. The molecule has 30 heavy (non-hydrogen) atoms. The second kappa shape index (κ2) is 7.42. The minimum atomic E-state index is -0.534. The Morgan fingerprint density at radius 1 is 1.20 bits per heavy atom. The highest BCUT2D eigenvalue weighted by Crippen LogP contribution is 2.29. The molecule has 0 amide bonds. The smallest absolute Gasteiger partial charge is 0.258 e. The number of nitrogens with one attached hydrogen (secondary N) is 1. The fraction of sp³-hybridized carbons (Fsp3) is 0.217. The molecule has 1 N–H and O–H groups in total. The SMILES string of the molecule is Cn1c2c(c3ccc(-n4ccc(OCc5ccc(F)nc5)cc4=O)cc31)CCNC2. The van der Waals surface area contributed by atoms with E-state index >= 15 is 0 Å². The number of rotatable bonds is 4. The van der Waals surface area contributed by atoms with E-state index in [0.717, 1.165) is 36.3 Å². The van der Waals surface area contributed by atoms with E-state index in [1.54, 1.807) is 22.9 Å². The molecule has 0 atom stereocenters. The Bertz CT molecular complexity index is 1290. The predicted molar refractivity (Wildman–Crippen MR) is 112 cm³/mol. The lowest BCUT2D eigenvalue weighted by molar-refractivity contribution is 0.304. The molecule has 7 heteroatoms. The molecule has 0 saturated carbocycles. The zero-order chi connectivity index (χ0) is 20.7. The number of hydrogen-bond donors (Lipinski definition) is 1. The number of pyridine rings is 2. The summed E-state index contributed by atoms with van der Waals surface area (Å²) in [6, 6.07) is 12.2. The summed E-state index contributed by atoms with van der Waals surface area (Å²) in [6.45, 7) is 2.07. The summed E-state index contributed by atoms with van der Waals surface area (Å²) >= 11 is 0. The Morgan fingerprint density at radius 3 is 2.90 bits per heavy atom. The number of benzene rings is 1. The van der Waals surface area contributed by atoms with E-state index in [9.17, 15) is 9.18 Å². The molecule has 1 aliphatic rings. The second-order valence-corrected chi connectivity index (χ2v) is 7.46. The highest BCUT2D eigenvalue weighted by molar-refractivity contribution is 5.87. The van der Waals surface area contributed by atoms with Crippen LogP contribution < -0.4 is 15.6 Å². The maximum absolute atomic E-state index is 12.9. The van der Waals surface area contributed by atoms with Crippen LogP contribution in [0.2, 0.25) is 0 Å². The van der Waals surface area contributed by atoms with E-state index in [1.807, 2.05) is 6.07 Å². The molecule has 4 heterocycles. The van der Waals surface area contributed by atoms with Crippen molar-refractivity contribution in [1.29, 1.82) is 0 Å². The normalized spacial score (nSPS) is 13.4. The topological polar surface area (TPSA) is 61.1 Å². The third-order valence-electron chi connectivity index (χ3n) is 5.63. The molecular weight excluding hydrogens is 383 g/mol. The number of nitrogens with zero attached hydrogens (tertiary/aromatic N) is 3. The van der Waals surface area contributed by atoms with E-state index in [2.05, 4.69) is 34.0 Å². The molecule has 0 aliphatic carbocycles. The molecule has 0 radical (unpaired) electrons. The Hall–Kier alpha value is -3.45. The van der Waals surface area contributed by atoms with Gasteiger partial charge in [0.25, 0.3) is 5.56 Å². The molecule has 0 unspecified atom stereocenters. The third-order valence-corrected chi connectivity index (χ3v) is 5.63. The van der Waals surface area contributed by atoms with Crippen molar-refractivity contribution in [2.45, 2.75) is 19.6 Å². The Kier molecular flexibility index (Phi) is 4.59. The maximum Gasteiger partial charge on any atom is 0.258 e. The van der Waals surface area contributed by atoms with E-state index in [1.165, 1.54) is 35.0 Å². The van der Waals surface area contributed by atoms with Gasteiger partial charge in [-0.1, -0.05) is 6.07 Å². The van der Waals surface area contributed by atoms with Crippen molar-refractivity contribution in [2.75, 3.05) is 6.54 Å². The largest absolute Gasteiger partial charge is 0.489 e. The van der Waals surface area contributed by atoms with Crippen LogP contribution >= 0.6 is 0 Å². The van der Waals surface area contributed by atoms with Crippen LogP contribution in [0.15, 0.2) is 59.7 Å². The molecule has 1 aromatic carbocycles. The van der Waals surface area contributed by atoms with Gasteiger partial charge in [-0.15, -0.1) is 0 Å². The molecule has 6 nitrogen and oxygen atoms in total. The zero-order valence-electron chi connectivity index (χ0n) is 16.6. The van der Waals surface area contributed by atoms with Crippen molar-refractivity contribution in [3.05, 3.63) is 88.0 Å². The van der Waals surface area contributed by atoms with E-state index < -0.39 is 5.95 Å². The summed E-state index contributed by atoms with van der Waals surface area (Å²) in [6.07, 6.45) is 4.15. The van der Waals surface area contributed by atoms with Crippen molar-refractivity contribution < 1.29 is 9.13 Å². The van der Waals surface area contributed by atoms with E-state index in [4.69, 9.17) is 4.74 Å². The van der Waals surface area contributed by atoms with Gasteiger partial charge in [-0.2, -0.15) is 4.39 Å². The molecule has 152 valence electrons. The molecule has 5 rings (SSSR count). The van der Waals surface area contributed by atoms with E-state index in [-0.39, 0.29) is 12.2 Å². The number of hydrogen-bond acceptors (Lipinski definition) is 4. The van der Waals surface area contributed by atoms with Crippen molar-refractivity contribution in [1.82, 2.24) is 19.4 Å². The van der Waals surface area contributed by atoms with Crippen LogP contribution in [0.1, 0.15) is 16.8 Å². The van der Waals surface area contributed by atoms with Gasteiger partial charge in [0, 0.05) is 48.7 Å². The van der Waals surface area contributed by atoms with Crippen LogP contribution in [0.4, 0.5) is 4.39 Å². The molecule has 1 aliphatic heterocycles. The van der Waals surface area contributed by atoms with Gasteiger partial charge >= 0.3 is 0 Å². The Morgan fingerprint density at radius 2 is 2.10 bits per heavy atom. The number of aromatic nitrogens is 3. The molecule has 0 fully saturated rings. The monoisotopic (exact) mass is 404 g/mol. The summed E-state index contributed by atoms with van der Waals surface area (Å²) in [7, 11) is 2.07. The molecule has 0 saturated heterocycles. The van der Waals surface area contributed by atoms with Gasteiger partial charge in [0.2, 0.25) is 5.95 Å². The highest BCUT2D eigenvalue weighted by atomic mass is 19.1. The lowest BCUT2D eigenvalue weighted by atomic mass is 10.0. The minimum absolute atomic E-state index is 0.176. The molecule has 0 bridgehead atoms. The summed E-state index contributed by atoms with van der Waals surface area (Å²) in [5, 5.41) is 4.67. The first kappa shape index (κ1) is 18.6. The second-order valence-electron chi connectivity index (χ2n) is 7.46. The first-order valence-electron chi connectivity index (χ1n) is 9.87. The minimum Gasteiger partial charge on any atom is -0.489 e. The highest BCUT2D eigenvalue weighted by Gasteiger charge is 2.18. The first-order chi connectivity index (χ1) is 14.6. The summed E-state index contributed by atoms with van der Waals surface area (Å²) in [5.41, 5.74) is 5.19. The number of fused-ring (bicyclic) bond motifs is 3. The van der Waals surface area contributed by atoms with Gasteiger partial charge in [-0.05, 0) is 48.9 Å². The van der Waals surface area contributed by atoms with Crippen LogP contribution in [-0.2, 0) is 26.6 Å². The Balaban J connectivity index is 1.43. The Labute approximate surface area is 172 Å². The van der Waals surface area contributed by atoms with Gasteiger partial charge in [0.05, 0.1) is 11.2 Å². The molecule has 3 aromatic heterocycles. The lowest BCUT2D eigenvalue weighted by Gasteiger charge is -2.14. The summed E-state index contributed by atoms with van der Waals surface area (Å²) in [5.74, 6) is -0.0734. The fourth-order valence-electron chi connectivity index (χ4n) is 4.05. The quantitative estimate of drug-likeness (QED) is 0.531. The predicted octanol–water partition coefficient (Wildman–Crippen LogP) is 3.09. The lowest BCUT2D eigenvalue weighted by Crippen LogP contribution is -2.24. The van der Waals surface area contributed by atoms with Crippen LogP contribution in [0.5, 0.6) is 5.75 Å². The zero-order valence-corrected chi connectivity index (χ0v) is 16.6. The van der Waals surface area contributed by atoms with Crippen molar-refractivity contribution in [3.8, 4) is 11.4 Å². The van der Waals surface area contributed by atoms with Crippen LogP contribution in [0.3, 0.4) is 0 Å².